The van der Waals surface area contributed by atoms with E-state index in [0.717, 1.165) is 33.0 Å². The minimum atomic E-state index is -1.49. The van der Waals surface area contributed by atoms with Gasteiger partial charge in [-0.05, 0) is 102 Å². The summed E-state index contributed by atoms with van der Waals surface area (Å²) in [5.74, 6) is 0.135. The highest BCUT2D eigenvalue weighted by molar-refractivity contribution is 5.90. The number of amides is 1. The SMILES string of the molecule is CC.CC.CC.CC.CN(C)c1ccccc1.COCc1c(C(O)C=O)cc2n(c1=O)Cc1cc3c(C)c(OC=O)ccc3nc1-2.Cc1c(OC(=O)N(C(C)C)C(C)C)ccc2nc3c(cc12)Cn1c-3cc2c(c1=O)COC(=O)C2O. The highest BCUT2D eigenvalue weighted by Crippen LogP contribution is 2.39. The molecule has 3 aliphatic heterocycles. The molecule has 7 aromatic rings. The molecule has 1 amide bonds. The normalized spacial score (nSPS) is 13.0. The van der Waals surface area contributed by atoms with Crippen LogP contribution in [0.3, 0.4) is 0 Å². The number of benzene rings is 3. The first-order chi connectivity index (χ1) is 38.9. The number of para-hydroxylation sites is 1. The molecule has 3 aromatic carbocycles. The van der Waals surface area contributed by atoms with Crippen molar-refractivity contribution in [1.29, 1.82) is 0 Å². The number of hydrogen-bond donors (Lipinski definition) is 2. The molecule has 0 aliphatic carbocycles. The van der Waals surface area contributed by atoms with Gasteiger partial charge in [-0.3, -0.25) is 14.4 Å². The second-order valence-corrected chi connectivity index (χ2v) is 18.6. The van der Waals surface area contributed by atoms with E-state index in [2.05, 4.69) is 17.0 Å². The Labute approximate surface area is 474 Å². The van der Waals surface area contributed by atoms with E-state index in [0.29, 0.717) is 71.2 Å². The van der Waals surface area contributed by atoms with Gasteiger partial charge >= 0.3 is 12.1 Å². The third-order valence-electron chi connectivity index (χ3n) is 13.2. The molecule has 4 aromatic heterocycles. The minimum absolute atomic E-state index is 0.00458. The minimum Gasteiger partial charge on any atom is -0.458 e. The molecule has 81 heavy (non-hydrogen) atoms. The number of rotatable bonds is 10. The summed E-state index contributed by atoms with van der Waals surface area (Å²) in [6, 6.07) is 24.3. The highest BCUT2D eigenvalue weighted by Gasteiger charge is 2.34. The molecule has 18 nitrogen and oxygen atoms in total. The number of cyclic esters (lactones) is 1. The Morgan fingerprint density at radius 2 is 1.25 bits per heavy atom. The first kappa shape index (κ1) is 65.5. The molecule has 10 rings (SSSR count). The summed E-state index contributed by atoms with van der Waals surface area (Å²) in [4.78, 5) is 85.9. The van der Waals surface area contributed by atoms with Crippen LogP contribution >= 0.6 is 0 Å². The topological polar surface area (TPSA) is 222 Å². The average molecular weight is 1110 g/mol. The summed E-state index contributed by atoms with van der Waals surface area (Å²) in [6.45, 7) is 28.3. The van der Waals surface area contributed by atoms with Gasteiger partial charge in [0.1, 0.15) is 24.2 Å². The second-order valence-electron chi connectivity index (χ2n) is 18.6. The second kappa shape index (κ2) is 30.0. The lowest BCUT2D eigenvalue weighted by atomic mass is 10.00. The van der Waals surface area contributed by atoms with Crippen LogP contribution in [-0.2, 0) is 50.2 Å². The van der Waals surface area contributed by atoms with E-state index >= 15 is 0 Å². The number of aliphatic hydroxyl groups is 2. The summed E-state index contributed by atoms with van der Waals surface area (Å²) in [5.41, 5.74) is 8.51. The molecule has 18 heteroatoms. The predicted molar refractivity (Wildman–Crippen MR) is 318 cm³/mol. The summed E-state index contributed by atoms with van der Waals surface area (Å²) in [6.07, 6.45) is -2.94. The Kier molecular flexibility index (Phi) is 24.2. The maximum atomic E-state index is 13.1. The van der Waals surface area contributed by atoms with E-state index in [-0.39, 0.29) is 58.7 Å². The van der Waals surface area contributed by atoms with Crippen LogP contribution in [0.4, 0.5) is 10.5 Å². The third-order valence-corrected chi connectivity index (χ3v) is 13.2. The van der Waals surface area contributed by atoms with Gasteiger partial charge in [-0.1, -0.05) is 73.6 Å². The van der Waals surface area contributed by atoms with E-state index in [9.17, 15) is 39.0 Å². The zero-order valence-electron chi connectivity index (χ0n) is 50.0. The molecule has 0 bridgehead atoms. The zero-order valence-corrected chi connectivity index (χ0v) is 50.0. The number of nitrogens with zero attached hydrogens (tertiary/aromatic N) is 6. The number of methoxy groups -OCH3 is 1. The molecular weight excluding hydrogens is 1030 g/mol. The maximum absolute atomic E-state index is 13.1. The van der Waals surface area contributed by atoms with Crippen LogP contribution in [0.2, 0.25) is 0 Å². The van der Waals surface area contributed by atoms with Crippen molar-refractivity contribution < 1.29 is 48.3 Å². The summed E-state index contributed by atoms with van der Waals surface area (Å²) < 4.78 is 23.9. The number of anilines is 1. The fraction of sp³-hybridized carbons (Fsp3) is 0.397. The molecular formula is C63H80N6O12. The van der Waals surface area contributed by atoms with E-state index < -0.39 is 24.3 Å². The number of carbonyl (C=O) groups excluding carboxylic acids is 4. The van der Waals surface area contributed by atoms with Gasteiger partial charge in [0, 0.05) is 88.7 Å². The van der Waals surface area contributed by atoms with Crippen LogP contribution in [0.5, 0.6) is 11.5 Å². The Hall–Kier alpha value is -8.06. The number of aromatic nitrogens is 4. The van der Waals surface area contributed by atoms with Crippen molar-refractivity contribution in [3.8, 4) is 34.3 Å². The molecule has 3 aliphatic rings. The van der Waals surface area contributed by atoms with Crippen molar-refractivity contribution >= 4 is 52.3 Å². The molecule has 2 atom stereocenters. The number of fused-ring (bicyclic) bond motifs is 9. The van der Waals surface area contributed by atoms with Gasteiger partial charge in [0.25, 0.3) is 17.6 Å². The molecule has 0 fully saturated rings. The number of pyridine rings is 4. The molecule has 0 saturated heterocycles. The number of aliphatic hydroxyl groups excluding tert-OH is 2. The van der Waals surface area contributed by atoms with Gasteiger partial charge in [0.15, 0.2) is 12.4 Å². The quantitative estimate of drug-likeness (QED) is 0.0960. The summed E-state index contributed by atoms with van der Waals surface area (Å²) in [5, 5.41) is 22.0. The average Bonchev–Trinajstić information content (AvgIpc) is 4.14. The number of aryl methyl sites for hydroxylation is 2. The lowest BCUT2D eigenvalue weighted by Crippen LogP contribution is -2.43. The molecule has 2 unspecified atom stereocenters. The van der Waals surface area contributed by atoms with Gasteiger partial charge in [-0.25, -0.2) is 19.6 Å². The van der Waals surface area contributed by atoms with E-state index in [1.165, 1.54) is 12.8 Å². The van der Waals surface area contributed by atoms with Crippen molar-refractivity contribution in [3.63, 3.8) is 0 Å². The van der Waals surface area contributed by atoms with Gasteiger partial charge in [-0.2, -0.15) is 0 Å². The molecule has 0 spiro atoms. The summed E-state index contributed by atoms with van der Waals surface area (Å²) in [7, 11) is 5.52. The van der Waals surface area contributed by atoms with Crippen LogP contribution in [-0.4, -0.2) is 92.3 Å². The monoisotopic (exact) mass is 1110 g/mol. The smallest absolute Gasteiger partial charge is 0.415 e. The van der Waals surface area contributed by atoms with E-state index in [1.54, 1.807) is 50.4 Å². The van der Waals surface area contributed by atoms with E-state index in [4.69, 9.17) is 28.9 Å². The lowest BCUT2D eigenvalue weighted by molar-refractivity contribution is -0.157. The molecule has 7 heterocycles. The van der Waals surface area contributed by atoms with Crippen molar-refractivity contribution in [1.82, 2.24) is 24.0 Å². The molecule has 434 valence electrons. The van der Waals surface area contributed by atoms with Crippen LogP contribution < -0.4 is 25.5 Å². The Morgan fingerprint density at radius 1 is 0.741 bits per heavy atom. The fourth-order valence-corrected chi connectivity index (χ4v) is 9.51. The summed E-state index contributed by atoms with van der Waals surface area (Å²) >= 11 is 0. The number of ether oxygens (including phenoxy) is 4. The lowest BCUT2D eigenvalue weighted by Gasteiger charge is -2.29. The van der Waals surface area contributed by atoms with Crippen LogP contribution in [0.1, 0.15) is 140 Å². The van der Waals surface area contributed by atoms with Crippen molar-refractivity contribution in [3.05, 3.63) is 144 Å². The van der Waals surface area contributed by atoms with Crippen molar-refractivity contribution in [2.45, 2.75) is 148 Å². The molecule has 2 N–H and O–H groups in total. The standard InChI is InChI=1S/C26H27N3O6.C21H18N2O6.C8H11N.4C2H6/c1-12(2)29(13(3)4)26(33)35-21-7-6-19-16(14(21)5)8-15-10-28-20(22(15)27-19)9-17-18(24(28)31)11-34-25(32)23(17)30;1-11-13-5-12-7-23-17(20(12)22-16(13)3-4-19(11)29-10-25)6-14(18(26)8-24)15(9-28-2)21(23)27;1-9(2)8-6-4-3-5-7-8;4*1-2/h6-9,12-13,23,30H,10-11H2,1-5H3;3-6,8,10,18,26H,7,9H2,1-2H3;3-7H,1-2H3;4*1-2H3. The number of carbonyl (C=O) groups is 4. The van der Waals surface area contributed by atoms with E-state index in [1.807, 2.05) is 141 Å². The Balaban J connectivity index is 0.000000275. The zero-order chi connectivity index (χ0) is 60.6. The number of aldehydes is 1. The van der Waals surface area contributed by atoms with Crippen LogP contribution in [0.15, 0.2) is 88.5 Å². The van der Waals surface area contributed by atoms with Gasteiger partial charge in [0.2, 0.25) is 0 Å². The highest BCUT2D eigenvalue weighted by atomic mass is 16.6. The first-order valence-corrected chi connectivity index (χ1v) is 27.6. The van der Waals surface area contributed by atoms with Gasteiger partial charge in [-0.15, -0.1) is 0 Å². The number of hydrogen-bond acceptors (Lipinski definition) is 15. The van der Waals surface area contributed by atoms with Gasteiger partial charge < -0.3 is 52.9 Å². The van der Waals surface area contributed by atoms with Crippen LogP contribution in [0.25, 0.3) is 44.6 Å². The first-order valence-electron chi connectivity index (χ1n) is 27.6. The van der Waals surface area contributed by atoms with Crippen molar-refractivity contribution in [2.75, 3.05) is 26.1 Å². The Morgan fingerprint density at radius 3 is 1.73 bits per heavy atom. The third kappa shape index (κ3) is 13.9. The largest absolute Gasteiger partial charge is 0.458 e. The molecule has 0 saturated carbocycles. The fourth-order valence-electron chi connectivity index (χ4n) is 9.51. The molecule has 0 radical (unpaired) electrons. The number of esters is 1. The maximum Gasteiger partial charge on any atom is 0.415 e. The Bertz CT molecular complexity index is 3450. The van der Waals surface area contributed by atoms with Crippen LogP contribution in [0, 0.1) is 13.8 Å². The van der Waals surface area contributed by atoms with Gasteiger partial charge in [0.05, 0.1) is 59.1 Å². The predicted octanol–water partition coefficient (Wildman–Crippen LogP) is 10.9. The van der Waals surface area contributed by atoms with Crippen molar-refractivity contribution in [2.24, 2.45) is 0 Å².